The van der Waals surface area contributed by atoms with Crippen LogP contribution in [-0.4, -0.2) is 23.0 Å². The third-order valence-corrected chi connectivity index (χ3v) is 7.80. The number of benzene rings is 1. The Hall–Kier alpha value is -2.87. The van der Waals surface area contributed by atoms with Gasteiger partial charge in [0.2, 0.25) is 0 Å². The second-order valence-corrected chi connectivity index (χ2v) is 10.4. The third-order valence-electron chi connectivity index (χ3n) is 7.80. The van der Waals surface area contributed by atoms with Crippen LogP contribution in [0, 0.1) is 11.8 Å². The molecule has 0 N–H and O–H groups in total. The van der Waals surface area contributed by atoms with E-state index in [4.69, 9.17) is 0 Å². The number of likely N-dealkylation sites (tertiary alicyclic amines) is 1. The summed E-state index contributed by atoms with van der Waals surface area (Å²) in [6, 6.07) is 11.3. The molecular weight excluding hydrogens is 424 g/mol. The van der Waals surface area contributed by atoms with Crippen molar-refractivity contribution in [3.63, 3.8) is 0 Å². The molecule has 0 bridgehead atoms. The van der Waals surface area contributed by atoms with E-state index in [0.29, 0.717) is 5.92 Å². The second-order valence-electron chi connectivity index (χ2n) is 10.4. The molecule has 1 saturated carbocycles. The number of piperidine rings is 1. The predicted octanol–water partition coefficient (Wildman–Crippen LogP) is 8.94. The molecule has 2 aromatic rings. The zero-order chi connectivity index (χ0) is 24.6. The standard InChI is InChI=1S/C33H42N2/c1-5-10-30(21-26(4)27-11-8-7-9-12-27)32-22-31(23-34-24-32)28-13-15-29(16-14-28)33(6-2)35-19-17-25(3)18-20-35/h5-6,10,13-16,21-25,27H,4,7-9,11-12,17-20H2,1-3H3/b10-5-,30-21+,33-6+. The van der Waals surface area contributed by atoms with Crippen molar-refractivity contribution in [2.45, 2.75) is 65.7 Å². The van der Waals surface area contributed by atoms with E-state index in [1.54, 1.807) is 0 Å². The minimum absolute atomic E-state index is 0.622. The van der Waals surface area contributed by atoms with Crippen molar-refractivity contribution in [2.75, 3.05) is 13.1 Å². The molecule has 2 aliphatic rings. The highest BCUT2D eigenvalue weighted by molar-refractivity contribution is 5.79. The van der Waals surface area contributed by atoms with Crippen LogP contribution in [0.2, 0.25) is 0 Å². The Morgan fingerprint density at radius 2 is 1.63 bits per heavy atom. The smallest absolute Gasteiger partial charge is 0.0396 e. The first-order chi connectivity index (χ1) is 17.1. The number of rotatable bonds is 7. The van der Waals surface area contributed by atoms with Crippen LogP contribution < -0.4 is 0 Å². The zero-order valence-electron chi connectivity index (χ0n) is 22.0. The number of allylic oxidation sites excluding steroid dienone is 6. The maximum atomic E-state index is 4.61. The molecule has 4 rings (SSSR count). The van der Waals surface area contributed by atoms with Gasteiger partial charge >= 0.3 is 0 Å². The number of hydrogen-bond acceptors (Lipinski definition) is 2. The van der Waals surface area contributed by atoms with Gasteiger partial charge in [-0.2, -0.15) is 0 Å². The Bertz CT molecular complexity index is 1070. The van der Waals surface area contributed by atoms with Crippen LogP contribution in [0.1, 0.15) is 76.8 Å². The molecule has 35 heavy (non-hydrogen) atoms. The van der Waals surface area contributed by atoms with E-state index in [1.165, 1.54) is 72.9 Å². The van der Waals surface area contributed by atoms with Crippen molar-refractivity contribution >= 4 is 11.3 Å². The fourth-order valence-electron chi connectivity index (χ4n) is 5.57. The number of nitrogens with zero attached hydrogens (tertiary/aromatic N) is 2. The van der Waals surface area contributed by atoms with Gasteiger partial charge in [0.1, 0.15) is 0 Å². The lowest BCUT2D eigenvalue weighted by atomic mass is 9.83. The number of hydrogen-bond donors (Lipinski definition) is 0. The van der Waals surface area contributed by atoms with Crippen LogP contribution >= 0.6 is 0 Å². The summed E-state index contributed by atoms with van der Waals surface area (Å²) in [5.41, 5.74) is 8.63. The van der Waals surface area contributed by atoms with Crippen LogP contribution in [0.15, 0.2) is 79.2 Å². The Kier molecular flexibility index (Phi) is 8.79. The molecule has 2 nitrogen and oxygen atoms in total. The van der Waals surface area contributed by atoms with Crippen LogP contribution in [0.5, 0.6) is 0 Å². The zero-order valence-corrected chi connectivity index (χ0v) is 22.0. The molecule has 184 valence electrons. The predicted molar refractivity (Wildman–Crippen MR) is 152 cm³/mol. The van der Waals surface area contributed by atoms with Gasteiger partial charge in [-0.1, -0.05) is 86.9 Å². The quantitative estimate of drug-likeness (QED) is 0.379. The van der Waals surface area contributed by atoms with Gasteiger partial charge in [0.15, 0.2) is 0 Å². The largest absolute Gasteiger partial charge is 0.371 e. The monoisotopic (exact) mass is 466 g/mol. The molecule has 0 unspecified atom stereocenters. The molecule has 0 atom stereocenters. The van der Waals surface area contributed by atoms with E-state index in [-0.39, 0.29) is 0 Å². The maximum absolute atomic E-state index is 4.61. The SMILES string of the molecule is C=C(/C=C(\C=C/C)c1cncc(-c2ccc(/C(=C\C)N3CCC(C)CC3)cc2)c1)C1CCCCC1. The Morgan fingerprint density at radius 1 is 0.914 bits per heavy atom. The highest BCUT2D eigenvalue weighted by atomic mass is 15.1. The summed E-state index contributed by atoms with van der Waals surface area (Å²) < 4.78 is 0. The lowest BCUT2D eigenvalue weighted by Crippen LogP contribution is -2.31. The van der Waals surface area contributed by atoms with Crippen molar-refractivity contribution < 1.29 is 0 Å². The van der Waals surface area contributed by atoms with E-state index in [2.05, 4.69) is 91.9 Å². The van der Waals surface area contributed by atoms with Gasteiger partial charge in [-0.3, -0.25) is 4.98 Å². The highest BCUT2D eigenvalue weighted by Gasteiger charge is 2.19. The Labute approximate surface area is 213 Å². The molecule has 1 aromatic heterocycles. The highest BCUT2D eigenvalue weighted by Crippen LogP contribution is 2.33. The average Bonchev–Trinajstić information content (AvgIpc) is 2.91. The van der Waals surface area contributed by atoms with Crippen LogP contribution in [0.3, 0.4) is 0 Å². The first kappa shape index (κ1) is 25.2. The summed E-state index contributed by atoms with van der Waals surface area (Å²) in [4.78, 5) is 7.16. The molecule has 0 amide bonds. The van der Waals surface area contributed by atoms with E-state index in [1.807, 2.05) is 12.4 Å². The van der Waals surface area contributed by atoms with Gasteiger partial charge in [0.05, 0.1) is 0 Å². The Morgan fingerprint density at radius 3 is 2.29 bits per heavy atom. The molecule has 2 heterocycles. The van der Waals surface area contributed by atoms with Crippen LogP contribution in [0.25, 0.3) is 22.4 Å². The lowest BCUT2D eigenvalue weighted by molar-refractivity contribution is 0.268. The van der Waals surface area contributed by atoms with E-state index >= 15 is 0 Å². The molecule has 2 fully saturated rings. The molecule has 1 aromatic carbocycles. The molecule has 1 aliphatic heterocycles. The molecule has 2 heteroatoms. The lowest BCUT2D eigenvalue weighted by Gasteiger charge is -2.34. The van der Waals surface area contributed by atoms with Gasteiger partial charge < -0.3 is 4.90 Å². The van der Waals surface area contributed by atoms with Crippen molar-refractivity contribution in [3.8, 4) is 11.1 Å². The van der Waals surface area contributed by atoms with Gasteiger partial charge in [-0.05, 0) is 74.1 Å². The fourth-order valence-corrected chi connectivity index (χ4v) is 5.57. The van der Waals surface area contributed by atoms with Gasteiger partial charge in [0.25, 0.3) is 0 Å². The van der Waals surface area contributed by atoms with Crippen LogP contribution in [0.4, 0.5) is 0 Å². The first-order valence-electron chi connectivity index (χ1n) is 13.6. The van der Waals surface area contributed by atoms with E-state index in [9.17, 15) is 0 Å². The molecule has 0 spiro atoms. The molecule has 1 saturated heterocycles. The van der Waals surface area contributed by atoms with Crippen molar-refractivity contribution in [3.05, 3.63) is 90.3 Å². The van der Waals surface area contributed by atoms with Crippen molar-refractivity contribution in [1.82, 2.24) is 9.88 Å². The van der Waals surface area contributed by atoms with Gasteiger partial charge in [-0.15, -0.1) is 0 Å². The molecule has 0 radical (unpaired) electrons. The molecule has 1 aliphatic carbocycles. The second kappa shape index (κ2) is 12.2. The van der Waals surface area contributed by atoms with E-state index < -0.39 is 0 Å². The van der Waals surface area contributed by atoms with Gasteiger partial charge in [0, 0.05) is 42.3 Å². The summed E-state index contributed by atoms with van der Waals surface area (Å²) in [5, 5.41) is 0. The summed E-state index contributed by atoms with van der Waals surface area (Å²) in [5.74, 6) is 1.46. The third kappa shape index (κ3) is 6.42. The van der Waals surface area contributed by atoms with Gasteiger partial charge in [-0.25, -0.2) is 0 Å². The summed E-state index contributed by atoms with van der Waals surface area (Å²) in [6.45, 7) is 13.4. The minimum Gasteiger partial charge on any atom is -0.371 e. The topological polar surface area (TPSA) is 16.1 Å². The average molecular weight is 467 g/mol. The number of pyridine rings is 1. The molecular formula is C33H42N2. The van der Waals surface area contributed by atoms with E-state index in [0.717, 1.165) is 30.1 Å². The Balaban J connectivity index is 1.54. The van der Waals surface area contributed by atoms with Crippen molar-refractivity contribution in [2.24, 2.45) is 11.8 Å². The first-order valence-corrected chi connectivity index (χ1v) is 13.6. The summed E-state index contributed by atoms with van der Waals surface area (Å²) in [7, 11) is 0. The fraction of sp³-hybridized carbons (Fsp3) is 0.424. The van der Waals surface area contributed by atoms with Crippen LogP contribution in [-0.2, 0) is 0 Å². The normalized spacial score (nSPS) is 18.9. The maximum Gasteiger partial charge on any atom is 0.0396 e. The summed E-state index contributed by atoms with van der Waals surface area (Å²) >= 11 is 0. The summed E-state index contributed by atoms with van der Waals surface area (Å²) in [6.07, 6.45) is 21.9. The number of aromatic nitrogens is 1. The minimum atomic E-state index is 0.622. The van der Waals surface area contributed by atoms with Crippen molar-refractivity contribution in [1.29, 1.82) is 0 Å².